The molecule has 0 atom stereocenters. The van der Waals surface area contributed by atoms with Crippen LogP contribution in [0.1, 0.15) is 6.92 Å². The fraction of sp³-hybridized carbons (Fsp3) is 0.286. The number of thioether (sulfide) groups is 1. The van der Waals surface area contributed by atoms with E-state index >= 15 is 0 Å². The molecule has 0 aliphatic rings. The molecule has 0 saturated heterocycles. The Balaban J connectivity index is 3.85. The van der Waals surface area contributed by atoms with E-state index in [4.69, 9.17) is 5.73 Å². The number of nitrogens with two attached hydrogens (primary N) is 1. The molecule has 56 valence electrons. The molecular weight excluding hydrogens is 144 g/mol. The van der Waals surface area contributed by atoms with Crippen LogP contribution in [0.15, 0.2) is 28.4 Å². The van der Waals surface area contributed by atoms with Crippen molar-refractivity contribution < 1.29 is 0 Å². The Morgan fingerprint density at radius 3 is 2.70 bits per heavy atom. The molecule has 0 unspecified atom stereocenters. The van der Waals surface area contributed by atoms with E-state index in [1.807, 2.05) is 19.3 Å². The summed E-state index contributed by atoms with van der Waals surface area (Å²) in [5.74, 6) is 0. The van der Waals surface area contributed by atoms with E-state index in [2.05, 4.69) is 4.99 Å². The summed E-state index contributed by atoms with van der Waals surface area (Å²) in [7, 11) is 0. The minimum Gasteiger partial charge on any atom is -0.405 e. The van der Waals surface area contributed by atoms with E-state index in [0.29, 0.717) is 0 Å². The third-order valence-corrected chi connectivity index (χ3v) is 1.61. The molecule has 2 nitrogen and oxygen atoms in total. The summed E-state index contributed by atoms with van der Waals surface area (Å²) in [4.78, 5) is 4.08. The SMILES string of the molecule is C\C=C(/N=C\C=C/N)SC. The van der Waals surface area contributed by atoms with E-state index < -0.39 is 0 Å². The van der Waals surface area contributed by atoms with E-state index in [0.717, 1.165) is 5.03 Å². The second-order valence-corrected chi connectivity index (χ2v) is 2.32. The lowest BCUT2D eigenvalue weighted by Gasteiger charge is -1.89. The van der Waals surface area contributed by atoms with Crippen molar-refractivity contribution >= 4 is 18.0 Å². The maximum atomic E-state index is 5.10. The van der Waals surface area contributed by atoms with Gasteiger partial charge in [0.05, 0.1) is 5.03 Å². The minimum absolute atomic E-state index is 0.998. The van der Waals surface area contributed by atoms with Gasteiger partial charge in [-0.2, -0.15) is 0 Å². The Labute approximate surface area is 65.9 Å². The summed E-state index contributed by atoms with van der Waals surface area (Å²) >= 11 is 1.61. The first kappa shape index (κ1) is 9.30. The number of nitrogens with zero attached hydrogens (tertiary/aromatic N) is 1. The molecule has 0 saturated carbocycles. The maximum absolute atomic E-state index is 5.10. The first-order chi connectivity index (χ1) is 4.85. The lowest BCUT2D eigenvalue weighted by atomic mass is 10.6. The van der Waals surface area contributed by atoms with Crippen molar-refractivity contribution in [3.05, 3.63) is 23.4 Å². The molecule has 0 heterocycles. The summed E-state index contributed by atoms with van der Waals surface area (Å²) in [6.45, 7) is 1.95. The first-order valence-electron chi connectivity index (χ1n) is 2.96. The van der Waals surface area contributed by atoms with Crippen molar-refractivity contribution in [3.63, 3.8) is 0 Å². The molecule has 3 heteroatoms. The van der Waals surface area contributed by atoms with Gasteiger partial charge < -0.3 is 5.73 Å². The van der Waals surface area contributed by atoms with Crippen molar-refractivity contribution in [2.45, 2.75) is 6.92 Å². The lowest BCUT2D eigenvalue weighted by molar-refractivity contribution is 1.50. The molecule has 2 N–H and O–H groups in total. The van der Waals surface area contributed by atoms with Gasteiger partial charge in [-0.3, -0.25) is 4.99 Å². The van der Waals surface area contributed by atoms with Crippen LogP contribution in [0.5, 0.6) is 0 Å². The number of hydrogen-bond acceptors (Lipinski definition) is 3. The van der Waals surface area contributed by atoms with Crippen LogP contribution in [-0.4, -0.2) is 12.5 Å². The zero-order chi connectivity index (χ0) is 7.82. The van der Waals surface area contributed by atoms with Crippen LogP contribution in [0.4, 0.5) is 0 Å². The highest BCUT2D eigenvalue weighted by Crippen LogP contribution is 2.10. The van der Waals surface area contributed by atoms with Gasteiger partial charge in [-0.1, -0.05) is 6.08 Å². The summed E-state index contributed by atoms with van der Waals surface area (Å²) in [5, 5.41) is 0.998. The summed E-state index contributed by atoms with van der Waals surface area (Å²) in [6, 6.07) is 0. The summed E-state index contributed by atoms with van der Waals surface area (Å²) < 4.78 is 0. The van der Waals surface area contributed by atoms with Gasteiger partial charge in [-0.15, -0.1) is 11.8 Å². The van der Waals surface area contributed by atoms with Crippen molar-refractivity contribution in [2.75, 3.05) is 6.26 Å². The van der Waals surface area contributed by atoms with Gasteiger partial charge in [-0.05, 0) is 25.5 Å². The smallest absolute Gasteiger partial charge is 0.0914 e. The van der Waals surface area contributed by atoms with Crippen LogP contribution in [0.25, 0.3) is 0 Å². The molecular formula is C7H12N2S. The summed E-state index contributed by atoms with van der Waals surface area (Å²) in [5.41, 5.74) is 5.10. The van der Waals surface area contributed by atoms with Crippen LogP contribution in [0.3, 0.4) is 0 Å². The average Bonchev–Trinajstić information content (AvgIpc) is 1.99. The van der Waals surface area contributed by atoms with E-state index in [1.54, 1.807) is 24.1 Å². The van der Waals surface area contributed by atoms with Crippen molar-refractivity contribution in [3.8, 4) is 0 Å². The third-order valence-electron chi connectivity index (χ3n) is 0.855. The zero-order valence-electron chi connectivity index (χ0n) is 6.24. The van der Waals surface area contributed by atoms with Crippen LogP contribution in [0, 0.1) is 0 Å². The predicted octanol–water partition coefficient (Wildman–Crippen LogP) is 1.75. The molecule has 0 rings (SSSR count). The maximum Gasteiger partial charge on any atom is 0.0914 e. The quantitative estimate of drug-likeness (QED) is 0.632. The highest BCUT2D eigenvalue weighted by molar-refractivity contribution is 8.02. The molecule has 10 heavy (non-hydrogen) atoms. The van der Waals surface area contributed by atoms with Crippen molar-refractivity contribution in [1.82, 2.24) is 0 Å². The fourth-order valence-corrected chi connectivity index (χ4v) is 0.813. The Kier molecular flexibility index (Phi) is 5.97. The Bertz CT molecular complexity index is 159. The molecule has 0 radical (unpaired) electrons. The molecule has 0 spiro atoms. The van der Waals surface area contributed by atoms with Gasteiger partial charge >= 0.3 is 0 Å². The standard InChI is InChI=1S/C7H12N2S/c1-3-7(10-2)9-6-4-5-8/h3-6H,8H2,1-2H3/b5-4-,7-3+,9-6-. The largest absolute Gasteiger partial charge is 0.405 e. The van der Waals surface area contributed by atoms with Gasteiger partial charge in [0.1, 0.15) is 0 Å². The topological polar surface area (TPSA) is 38.4 Å². The lowest BCUT2D eigenvalue weighted by Crippen LogP contribution is -1.76. The van der Waals surface area contributed by atoms with E-state index in [-0.39, 0.29) is 0 Å². The van der Waals surface area contributed by atoms with Gasteiger partial charge in [0.25, 0.3) is 0 Å². The highest BCUT2D eigenvalue weighted by Gasteiger charge is 1.82. The van der Waals surface area contributed by atoms with Crippen molar-refractivity contribution in [1.29, 1.82) is 0 Å². The second-order valence-electron chi connectivity index (χ2n) is 1.49. The Hall–Kier alpha value is -0.700. The highest BCUT2D eigenvalue weighted by atomic mass is 32.2. The number of aliphatic imine (C=N–C) groups is 1. The van der Waals surface area contributed by atoms with Crippen LogP contribution in [0.2, 0.25) is 0 Å². The number of rotatable bonds is 3. The molecule has 0 amide bonds. The number of allylic oxidation sites excluding steroid dienone is 2. The third kappa shape index (κ3) is 4.21. The minimum atomic E-state index is 0.998. The molecule has 0 bridgehead atoms. The normalized spacial score (nSPS) is 13.6. The van der Waals surface area contributed by atoms with Gasteiger partial charge in [0.2, 0.25) is 0 Å². The summed E-state index contributed by atoms with van der Waals surface area (Å²) in [6.07, 6.45) is 8.76. The monoisotopic (exact) mass is 156 g/mol. The van der Waals surface area contributed by atoms with E-state index in [9.17, 15) is 0 Å². The van der Waals surface area contributed by atoms with Gasteiger partial charge in [0.15, 0.2) is 0 Å². The van der Waals surface area contributed by atoms with Crippen molar-refractivity contribution in [2.24, 2.45) is 10.7 Å². The zero-order valence-corrected chi connectivity index (χ0v) is 7.06. The van der Waals surface area contributed by atoms with Crippen LogP contribution in [-0.2, 0) is 0 Å². The average molecular weight is 156 g/mol. The Morgan fingerprint density at radius 1 is 1.60 bits per heavy atom. The van der Waals surface area contributed by atoms with Crippen LogP contribution < -0.4 is 5.73 Å². The number of hydrogen-bond donors (Lipinski definition) is 1. The molecule has 0 aromatic heterocycles. The van der Waals surface area contributed by atoms with Crippen LogP contribution >= 0.6 is 11.8 Å². The molecule has 0 fully saturated rings. The molecule has 0 aliphatic heterocycles. The fourth-order valence-electron chi connectivity index (χ4n) is 0.411. The molecule has 0 aromatic carbocycles. The molecule has 0 aliphatic carbocycles. The Morgan fingerprint density at radius 2 is 2.30 bits per heavy atom. The van der Waals surface area contributed by atoms with E-state index in [1.165, 1.54) is 6.20 Å². The van der Waals surface area contributed by atoms with Gasteiger partial charge in [0, 0.05) is 6.21 Å². The second kappa shape index (κ2) is 6.42. The molecule has 0 aromatic rings. The van der Waals surface area contributed by atoms with Gasteiger partial charge in [-0.25, -0.2) is 0 Å². The predicted molar refractivity (Wildman–Crippen MR) is 49.1 cm³/mol. The first-order valence-corrected chi connectivity index (χ1v) is 4.18.